The number of hydrogen-bond acceptors (Lipinski definition) is 5. The lowest BCUT2D eigenvalue weighted by atomic mass is 9.83. The Morgan fingerprint density at radius 2 is 1.88 bits per heavy atom. The number of unbranched alkanes of at least 4 members (excludes halogenated alkanes) is 2. The molecule has 3 rings (SSSR count). The van der Waals surface area contributed by atoms with Gasteiger partial charge in [0.05, 0.1) is 12.1 Å². The maximum Gasteiger partial charge on any atom is 0.222 e. The van der Waals surface area contributed by atoms with E-state index in [1.807, 2.05) is 4.90 Å². The molecule has 174 valence electrons. The Morgan fingerprint density at radius 1 is 1.16 bits per heavy atom. The third-order valence-electron chi connectivity index (χ3n) is 6.31. The van der Waals surface area contributed by atoms with Gasteiger partial charge in [0.25, 0.3) is 0 Å². The zero-order chi connectivity index (χ0) is 22.9. The predicted octanol–water partition coefficient (Wildman–Crippen LogP) is 3.88. The van der Waals surface area contributed by atoms with Gasteiger partial charge in [-0.05, 0) is 30.0 Å². The third-order valence-corrected chi connectivity index (χ3v) is 6.31. The highest BCUT2D eigenvalue weighted by Crippen LogP contribution is 2.33. The normalized spacial score (nSPS) is 20.4. The van der Waals surface area contributed by atoms with Crippen molar-refractivity contribution in [3.8, 4) is 0 Å². The number of amides is 1. The lowest BCUT2D eigenvalue weighted by molar-refractivity contribution is -0.133. The van der Waals surface area contributed by atoms with Gasteiger partial charge in [-0.2, -0.15) is 0 Å². The number of benzene rings is 1. The average molecular weight is 444 g/mol. The van der Waals surface area contributed by atoms with Gasteiger partial charge in [-0.15, -0.1) is 0 Å². The number of nitrogens with zero attached hydrogens (tertiary/aromatic N) is 3. The highest BCUT2D eigenvalue weighted by molar-refractivity contribution is 6.14. The van der Waals surface area contributed by atoms with Crippen LogP contribution in [-0.2, 0) is 9.59 Å². The second kappa shape index (κ2) is 11.9. The van der Waals surface area contributed by atoms with E-state index in [0.29, 0.717) is 19.4 Å². The van der Waals surface area contributed by atoms with Crippen LogP contribution in [0, 0.1) is 5.82 Å². The summed E-state index contributed by atoms with van der Waals surface area (Å²) in [5.41, 5.74) is 1.14. The van der Waals surface area contributed by atoms with Crippen molar-refractivity contribution >= 4 is 17.9 Å². The topological polar surface area (TPSA) is 73.2 Å². The van der Waals surface area contributed by atoms with Gasteiger partial charge in [-0.25, -0.2) is 4.39 Å². The molecule has 1 amide bonds. The van der Waals surface area contributed by atoms with Crippen molar-refractivity contribution < 1.29 is 19.1 Å². The summed E-state index contributed by atoms with van der Waals surface area (Å²) in [4.78, 5) is 33.3. The Kier molecular flexibility index (Phi) is 8.97. The van der Waals surface area contributed by atoms with Crippen molar-refractivity contribution in [1.29, 1.82) is 0 Å². The smallest absolute Gasteiger partial charge is 0.222 e. The molecule has 0 saturated carbocycles. The summed E-state index contributed by atoms with van der Waals surface area (Å²) in [6.45, 7) is 6.61. The van der Waals surface area contributed by atoms with Crippen molar-refractivity contribution in [3.05, 3.63) is 47.0 Å². The number of hydrogen-bond donors (Lipinski definition) is 1. The number of carbonyl (C=O) groups is 2. The van der Waals surface area contributed by atoms with Crippen LogP contribution in [0.15, 0.2) is 40.6 Å². The molecule has 0 aromatic heterocycles. The molecule has 1 fully saturated rings. The minimum absolute atomic E-state index is 0.0505. The maximum atomic E-state index is 13.1. The Bertz CT molecular complexity index is 842. The van der Waals surface area contributed by atoms with E-state index in [-0.39, 0.29) is 41.2 Å². The maximum absolute atomic E-state index is 13.1. The van der Waals surface area contributed by atoms with Gasteiger partial charge in [0.1, 0.15) is 11.6 Å². The van der Waals surface area contributed by atoms with Gasteiger partial charge >= 0.3 is 0 Å². The third kappa shape index (κ3) is 6.73. The first-order valence-corrected chi connectivity index (χ1v) is 11.7. The summed E-state index contributed by atoms with van der Waals surface area (Å²) in [6, 6.07) is 6.08. The largest absolute Gasteiger partial charge is 0.511 e. The Morgan fingerprint density at radius 3 is 2.53 bits per heavy atom. The second-order valence-electron chi connectivity index (χ2n) is 8.66. The minimum atomic E-state index is -0.316. The van der Waals surface area contributed by atoms with E-state index in [9.17, 15) is 19.1 Å². The number of piperazine rings is 1. The summed E-state index contributed by atoms with van der Waals surface area (Å²) in [6.07, 6.45) is 5.97. The van der Waals surface area contributed by atoms with E-state index in [1.165, 1.54) is 18.3 Å². The fourth-order valence-electron chi connectivity index (χ4n) is 4.29. The van der Waals surface area contributed by atoms with Crippen LogP contribution >= 0.6 is 0 Å². The van der Waals surface area contributed by atoms with Crippen molar-refractivity contribution in [2.45, 2.75) is 51.4 Å². The number of aliphatic imine (C=N–C) groups is 1. The molecular weight excluding hydrogens is 409 g/mol. The number of rotatable bonds is 9. The summed E-state index contributed by atoms with van der Waals surface area (Å²) in [5, 5.41) is 10.4. The van der Waals surface area contributed by atoms with E-state index in [4.69, 9.17) is 0 Å². The highest BCUT2D eigenvalue weighted by Gasteiger charge is 2.27. The number of aliphatic hydroxyl groups is 1. The molecule has 7 heteroatoms. The van der Waals surface area contributed by atoms with Crippen LogP contribution in [0.3, 0.4) is 0 Å². The number of halogens is 1. The summed E-state index contributed by atoms with van der Waals surface area (Å²) >= 11 is 0. The molecule has 32 heavy (non-hydrogen) atoms. The molecule has 1 unspecified atom stereocenters. The predicted molar refractivity (Wildman–Crippen MR) is 124 cm³/mol. The van der Waals surface area contributed by atoms with Gasteiger partial charge in [-0.1, -0.05) is 31.9 Å². The SMILES string of the molecule is CCCCCC(=O)N1CCN(CCN=CC2=C(O)CC(c3ccc(F)cc3)CC2=O)CC1. The highest BCUT2D eigenvalue weighted by atomic mass is 19.1. The van der Waals surface area contributed by atoms with E-state index >= 15 is 0 Å². The average Bonchev–Trinajstić information content (AvgIpc) is 2.79. The van der Waals surface area contributed by atoms with Crippen LogP contribution in [0.4, 0.5) is 4.39 Å². The molecule has 1 aromatic rings. The van der Waals surface area contributed by atoms with Gasteiger partial charge in [-0.3, -0.25) is 19.5 Å². The molecule has 1 N–H and O–H groups in total. The second-order valence-corrected chi connectivity index (χ2v) is 8.66. The van der Waals surface area contributed by atoms with Gasteiger partial charge in [0.2, 0.25) is 5.91 Å². The lowest BCUT2D eigenvalue weighted by Crippen LogP contribution is -2.49. The van der Waals surface area contributed by atoms with E-state index in [1.54, 1.807) is 12.1 Å². The molecule has 1 heterocycles. The molecular formula is C25H34FN3O3. The molecule has 1 atom stereocenters. The zero-order valence-corrected chi connectivity index (χ0v) is 18.9. The molecule has 1 aliphatic carbocycles. The Hall–Kier alpha value is -2.54. The molecule has 1 aliphatic heterocycles. The van der Waals surface area contributed by atoms with Crippen molar-refractivity contribution in [3.63, 3.8) is 0 Å². The van der Waals surface area contributed by atoms with Crippen molar-refractivity contribution in [2.75, 3.05) is 39.3 Å². The molecule has 0 spiro atoms. The summed E-state index contributed by atoms with van der Waals surface area (Å²) < 4.78 is 13.1. The first-order valence-electron chi connectivity index (χ1n) is 11.7. The molecule has 0 bridgehead atoms. The number of Topliss-reactive ketones (excluding diaryl/α,β-unsaturated/α-hetero) is 1. The fraction of sp³-hybridized carbons (Fsp3) is 0.560. The van der Waals surface area contributed by atoms with Crippen LogP contribution in [0.5, 0.6) is 0 Å². The summed E-state index contributed by atoms with van der Waals surface area (Å²) in [7, 11) is 0. The van der Waals surface area contributed by atoms with Crippen LogP contribution in [0.1, 0.15) is 56.9 Å². The van der Waals surface area contributed by atoms with E-state index in [0.717, 1.165) is 57.5 Å². The number of allylic oxidation sites excluding steroid dienone is 2. The first kappa shape index (κ1) is 24.1. The number of aliphatic hydroxyl groups excluding tert-OH is 1. The zero-order valence-electron chi connectivity index (χ0n) is 18.9. The van der Waals surface area contributed by atoms with Crippen LogP contribution < -0.4 is 0 Å². The monoisotopic (exact) mass is 443 g/mol. The van der Waals surface area contributed by atoms with Gasteiger partial charge in [0, 0.05) is 58.2 Å². The van der Waals surface area contributed by atoms with Crippen LogP contribution in [0.2, 0.25) is 0 Å². The summed E-state index contributed by atoms with van der Waals surface area (Å²) in [5.74, 6) is -0.283. The number of ketones is 1. The van der Waals surface area contributed by atoms with Crippen molar-refractivity contribution in [2.24, 2.45) is 4.99 Å². The minimum Gasteiger partial charge on any atom is -0.511 e. The van der Waals surface area contributed by atoms with Gasteiger partial charge < -0.3 is 10.0 Å². The molecule has 1 aromatic carbocycles. The Labute approximate surface area is 189 Å². The van der Waals surface area contributed by atoms with Crippen LogP contribution in [0.25, 0.3) is 0 Å². The molecule has 6 nitrogen and oxygen atoms in total. The van der Waals surface area contributed by atoms with Crippen LogP contribution in [-0.4, -0.2) is 72.1 Å². The fourth-order valence-corrected chi connectivity index (χ4v) is 4.29. The van der Waals surface area contributed by atoms with E-state index < -0.39 is 0 Å². The van der Waals surface area contributed by atoms with Crippen molar-refractivity contribution in [1.82, 2.24) is 9.80 Å². The standard InChI is InChI=1S/C25H34FN3O3/c1-2-3-4-5-25(32)29-14-12-28(13-15-29)11-10-27-18-22-23(30)16-20(17-24(22)31)19-6-8-21(26)9-7-19/h6-9,18,20,30H,2-5,10-17H2,1H3. The lowest BCUT2D eigenvalue weighted by Gasteiger charge is -2.34. The van der Waals surface area contributed by atoms with E-state index in [2.05, 4.69) is 16.8 Å². The molecule has 1 saturated heterocycles. The van der Waals surface area contributed by atoms with Gasteiger partial charge in [0.15, 0.2) is 5.78 Å². The Balaban J connectivity index is 1.42. The molecule has 0 radical (unpaired) electrons. The quantitative estimate of drug-likeness (QED) is 0.464. The number of carbonyl (C=O) groups excluding carboxylic acids is 2. The first-order chi connectivity index (χ1) is 15.5. The molecule has 2 aliphatic rings.